The zero-order valence-electron chi connectivity index (χ0n) is 19.5. The van der Waals surface area contributed by atoms with E-state index >= 15 is 0 Å². The number of carbonyl (C=O) groups is 3. The number of benzene rings is 2. The Morgan fingerprint density at radius 1 is 0.971 bits per heavy atom. The van der Waals surface area contributed by atoms with Crippen LogP contribution in [0.1, 0.15) is 23.6 Å². The normalized spacial score (nSPS) is 17.0. The Balaban J connectivity index is 1.71. The van der Waals surface area contributed by atoms with Crippen molar-refractivity contribution in [2.75, 3.05) is 43.4 Å². The van der Waals surface area contributed by atoms with Crippen LogP contribution in [-0.4, -0.2) is 60.8 Å². The number of aryl methyl sites for hydroxylation is 1. The number of piperazine rings is 1. The molecule has 2 aliphatic rings. The van der Waals surface area contributed by atoms with Crippen LogP contribution in [0.2, 0.25) is 0 Å². The lowest BCUT2D eigenvalue weighted by Gasteiger charge is -2.34. The van der Waals surface area contributed by atoms with Gasteiger partial charge in [-0.15, -0.1) is 0 Å². The molecule has 0 aliphatic carbocycles. The van der Waals surface area contributed by atoms with Crippen LogP contribution in [0.5, 0.6) is 0 Å². The number of nitrogens with one attached hydrogen (secondary N) is 3. The summed E-state index contributed by atoms with van der Waals surface area (Å²) in [7, 11) is 2.09. The zero-order valence-corrected chi connectivity index (χ0v) is 19.5. The van der Waals surface area contributed by atoms with Gasteiger partial charge in [-0.25, -0.2) is 0 Å². The van der Waals surface area contributed by atoms with Crippen molar-refractivity contribution in [1.29, 1.82) is 0 Å². The Hall–Kier alpha value is -3.91. The van der Waals surface area contributed by atoms with Crippen LogP contribution in [-0.2, 0) is 14.4 Å². The Bertz CT molecular complexity index is 1360. The van der Waals surface area contributed by atoms with E-state index in [-0.39, 0.29) is 11.5 Å². The van der Waals surface area contributed by atoms with Crippen molar-refractivity contribution in [2.45, 2.75) is 13.8 Å². The van der Waals surface area contributed by atoms with Crippen LogP contribution >= 0.6 is 0 Å². The molecule has 1 aromatic heterocycles. The number of fused-ring (bicyclic) bond motifs is 1. The van der Waals surface area contributed by atoms with Crippen molar-refractivity contribution in [3.05, 3.63) is 59.3 Å². The Kier molecular flexibility index (Phi) is 5.45. The highest BCUT2D eigenvalue weighted by Crippen LogP contribution is 2.39. The monoisotopic (exact) mass is 457 g/mol. The highest BCUT2D eigenvalue weighted by molar-refractivity contribution is 6.50. The number of hydrogen-bond donors (Lipinski definition) is 3. The molecule has 2 aliphatic heterocycles. The molecule has 2 aromatic carbocycles. The van der Waals surface area contributed by atoms with Crippen molar-refractivity contribution in [2.24, 2.45) is 0 Å². The molecule has 3 N–H and O–H groups in total. The minimum Gasteiger partial charge on any atom is -0.369 e. The molecule has 34 heavy (non-hydrogen) atoms. The maximum absolute atomic E-state index is 13.1. The molecule has 3 heterocycles. The third-order valence-corrected chi connectivity index (χ3v) is 6.58. The standard InChI is InChI=1S/C26H27N5O3/c1-15-5-4-6-18-20(14-27-24(15)18)23-22(25(33)29-26(23)34)19-13-17(7-8-21(19)28-16(2)32)31-11-9-30(3)10-12-31/h4-8,13-14,27H,9-12H2,1-3H3,(H,28,32)(H,29,33,34). The molecule has 3 aromatic rings. The summed E-state index contributed by atoms with van der Waals surface area (Å²) >= 11 is 0. The van der Waals surface area contributed by atoms with Gasteiger partial charge in [0.05, 0.1) is 11.1 Å². The van der Waals surface area contributed by atoms with Gasteiger partial charge in [0.2, 0.25) is 5.91 Å². The second kappa shape index (κ2) is 8.46. The number of hydrogen-bond acceptors (Lipinski definition) is 5. The van der Waals surface area contributed by atoms with Crippen LogP contribution in [0.4, 0.5) is 11.4 Å². The number of nitrogens with zero attached hydrogens (tertiary/aromatic N) is 2. The third-order valence-electron chi connectivity index (χ3n) is 6.58. The molecular weight excluding hydrogens is 430 g/mol. The number of carbonyl (C=O) groups excluding carboxylic acids is 3. The summed E-state index contributed by atoms with van der Waals surface area (Å²) in [5.41, 5.74) is 5.19. The molecule has 3 amide bonds. The molecule has 0 saturated carbocycles. The number of amides is 3. The lowest BCUT2D eigenvalue weighted by Crippen LogP contribution is -2.44. The van der Waals surface area contributed by atoms with Gasteiger partial charge in [0.1, 0.15) is 0 Å². The predicted molar refractivity (Wildman–Crippen MR) is 133 cm³/mol. The van der Waals surface area contributed by atoms with Gasteiger partial charge in [0.25, 0.3) is 11.8 Å². The summed E-state index contributed by atoms with van der Waals surface area (Å²) in [6, 6.07) is 11.5. The minimum absolute atomic E-state index is 0.247. The van der Waals surface area contributed by atoms with Gasteiger partial charge in [-0.1, -0.05) is 18.2 Å². The third kappa shape index (κ3) is 3.76. The molecule has 1 saturated heterocycles. The van der Waals surface area contributed by atoms with Crippen molar-refractivity contribution in [3.63, 3.8) is 0 Å². The first-order chi connectivity index (χ1) is 16.3. The number of H-pyrrole nitrogens is 1. The van der Waals surface area contributed by atoms with E-state index in [1.54, 1.807) is 6.20 Å². The Labute approximate surface area is 197 Å². The molecule has 0 radical (unpaired) electrons. The van der Waals surface area contributed by atoms with E-state index in [4.69, 9.17) is 0 Å². The quantitative estimate of drug-likeness (QED) is 0.524. The van der Waals surface area contributed by atoms with E-state index in [1.165, 1.54) is 6.92 Å². The summed E-state index contributed by atoms with van der Waals surface area (Å²) < 4.78 is 0. The van der Waals surface area contributed by atoms with Gasteiger partial charge >= 0.3 is 0 Å². The van der Waals surface area contributed by atoms with Gasteiger partial charge in [0.15, 0.2) is 0 Å². The Morgan fingerprint density at radius 2 is 1.68 bits per heavy atom. The van der Waals surface area contributed by atoms with Gasteiger partial charge < -0.3 is 20.1 Å². The fourth-order valence-corrected chi connectivity index (χ4v) is 4.78. The topological polar surface area (TPSA) is 97.5 Å². The predicted octanol–water partition coefficient (Wildman–Crippen LogP) is 2.75. The number of likely N-dealkylation sites (N-methyl/N-ethyl adjacent to an activating group) is 1. The fourth-order valence-electron chi connectivity index (χ4n) is 4.78. The molecule has 5 rings (SSSR count). The van der Waals surface area contributed by atoms with E-state index in [9.17, 15) is 14.4 Å². The van der Waals surface area contributed by atoms with Crippen LogP contribution in [0.3, 0.4) is 0 Å². The van der Waals surface area contributed by atoms with E-state index in [0.29, 0.717) is 22.4 Å². The van der Waals surface area contributed by atoms with Crippen LogP contribution in [0.15, 0.2) is 42.6 Å². The van der Waals surface area contributed by atoms with Gasteiger partial charge in [-0.3, -0.25) is 19.7 Å². The molecule has 8 heteroatoms. The second-order valence-electron chi connectivity index (χ2n) is 8.93. The molecule has 0 atom stereocenters. The number of imide groups is 1. The first kappa shape index (κ1) is 21.9. The van der Waals surface area contributed by atoms with Crippen molar-refractivity contribution in [3.8, 4) is 0 Å². The average Bonchev–Trinajstić information content (AvgIpc) is 3.35. The minimum atomic E-state index is -0.468. The van der Waals surface area contributed by atoms with Crippen molar-refractivity contribution in [1.82, 2.24) is 15.2 Å². The van der Waals surface area contributed by atoms with Crippen molar-refractivity contribution < 1.29 is 14.4 Å². The number of anilines is 2. The molecular formula is C26H27N5O3. The van der Waals surface area contributed by atoms with Gasteiger partial charge in [-0.05, 0) is 37.7 Å². The fraction of sp³-hybridized carbons (Fsp3) is 0.269. The number of rotatable bonds is 4. The summed E-state index contributed by atoms with van der Waals surface area (Å²) in [6.45, 7) is 7.00. The highest BCUT2D eigenvalue weighted by atomic mass is 16.2. The molecule has 8 nitrogen and oxygen atoms in total. The number of aromatic amines is 1. The average molecular weight is 458 g/mol. The Morgan fingerprint density at radius 3 is 2.38 bits per heavy atom. The molecule has 0 spiro atoms. The van der Waals surface area contributed by atoms with E-state index in [2.05, 4.69) is 32.5 Å². The molecule has 174 valence electrons. The molecule has 0 unspecified atom stereocenters. The summed E-state index contributed by atoms with van der Waals surface area (Å²) in [5, 5.41) is 6.17. The SMILES string of the molecule is CC(=O)Nc1ccc(N2CCN(C)CC2)cc1C1=C(c2c[nH]c3c(C)cccc23)C(=O)NC1=O. The summed E-state index contributed by atoms with van der Waals surface area (Å²) in [4.78, 5) is 45.9. The van der Waals surface area contributed by atoms with E-state index in [1.807, 2.05) is 43.3 Å². The maximum atomic E-state index is 13.1. The van der Waals surface area contributed by atoms with Crippen molar-refractivity contribution >= 4 is 51.1 Å². The van der Waals surface area contributed by atoms with E-state index < -0.39 is 11.8 Å². The maximum Gasteiger partial charge on any atom is 0.259 e. The largest absolute Gasteiger partial charge is 0.369 e. The first-order valence-electron chi connectivity index (χ1n) is 11.4. The number of para-hydroxylation sites is 1. The van der Waals surface area contributed by atoms with Crippen LogP contribution < -0.4 is 15.5 Å². The molecule has 0 bridgehead atoms. The smallest absolute Gasteiger partial charge is 0.259 e. The first-order valence-corrected chi connectivity index (χ1v) is 11.4. The van der Waals surface area contributed by atoms with Crippen LogP contribution in [0.25, 0.3) is 22.0 Å². The van der Waals surface area contributed by atoms with Gasteiger partial charge in [0, 0.05) is 72.7 Å². The lowest BCUT2D eigenvalue weighted by atomic mass is 9.94. The molecule has 1 fully saturated rings. The highest BCUT2D eigenvalue weighted by Gasteiger charge is 2.35. The zero-order chi connectivity index (χ0) is 24.0. The second-order valence-corrected chi connectivity index (χ2v) is 8.93. The number of aromatic nitrogens is 1. The van der Waals surface area contributed by atoms with Crippen LogP contribution in [0, 0.1) is 6.92 Å². The summed E-state index contributed by atoms with van der Waals surface area (Å²) in [5.74, 6) is -1.16. The summed E-state index contributed by atoms with van der Waals surface area (Å²) in [6.07, 6.45) is 1.77. The van der Waals surface area contributed by atoms with E-state index in [0.717, 1.165) is 48.3 Å². The van der Waals surface area contributed by atoms with Gasteiger partial charge in [-0.2, -0.15) is 0 Å². The lowest BCUT2D eigenvalue weighted by molar-refractivity contribution is -0.123.